The molecule has 3 aromatic carbocycles. The first kappa shape index (κ1) is 14.7. The van der Waals surface area contributed by atoms with Crippen molar-refractivity contribution in [1.29, 1.82) is 0 Å². The fourth-order valence-corrected chi connectivity index (χ4v) is 2.03. The lowest BCUT2D eigenvalue weighted by atomic mass is 10.1. The molecule has 0 bridgehead atoms. The van der Waals surface area contributed by atoms with Gasteiger partial charge in [-0.2, -0.15) is 0 Å². The van der Waals surface area contributed by atoms with Crippen LogP contribution in [0.3, 0.4) is 0 Å². The highest BCUT2D eigenvalue weighted by atomic mass is 16.6. The molecule has 0 radical (unpaired) electrons. The highest BCUT2D eigenvalue weighted by molar-refractivity contribution is 5.83. The molecular weight excluding hydrogens is 262 g/mol. The lowest BCUT2D eigenvalue weighted by molar-refractivity contribution is -0.384. The van der Waals surface area contributed by atoms with Gasteiger partial charge in [-0.25, -0.2) is 0 Å². The first-order valence-electron chi connectivity index (χ1n) is 6.73. The summed E-state index contributed by atoms with van der Waals surface area (Å²) in [7, 11) is 0. The summed E-state index contributed by atoms with van der Waals surface area (Å²) in [6, 6.07) is 21.0. The molecule has 0 fully saturated rings. The van der Waals surface area contributed by atoms with Crippen LogP contribution in [0, 0.1) is 24.0 Å². The number of para-hydroxylation sites is 1. The predicted octanol–water partition coefficient (Wildman–Crippen LogP) is 5.05. The van der Waals surface area contributed by atoms with Gasteiger partial charge < -0.3 is 0 Å². The summed E-state index contributed by atoms with van der Waals surface area (Å²) in [5.74, 6) is 0. The lowest BCUT2D eigenvalue weighted by Crippen LogP contribution is -1.84. The van der Waals surface area contributed by atoms with Crippen LogP contribution >= 0.6 is 0 Å². The highest BCUT2D eigenvalue weighted by Crippen LogP contribution is 2.16. The third-order valence-electron chi connectivity index (χ3n) is 3.12. The van der Waals surface area contributed by atoms with E-state index in [1.54, 1.807) is 18.2 Å². The van der Waals surface area contributed by atoms with Gasteiger partial charge in [0.1, 0.15) is 0 Å². The smallest absolute Gasteiger partial charge is 0.258 e. The number of benzene rings is 3. The molecule has 3 heteroatoms. The molecule has 0 spiro atoms. The second-order valence-corrected chi connectivity index (χ2v) is 4.95. The van der Waals surface area contributed by atoms with Gasteiger partial charge in [0, 0.05) is 12.1 Å². The van der Waals surface area contributed by atoms with E-state index in [4.69, 9.17) is 0 Å². The molecule has 0 aromatic heterocycles. The average molecular weight is 279 g/mol. The Labute approximate surface area is 124 Å². The molecule has 0 saturated carbocycles. The van der Waals surface area contributed by atoms with E-state index in [-0.39, 0.29) is 5.69 Å². The minimum atomic E-state index is -0.417. The fourth-order valence-electron chi connectivity index (χ4n) is 2.03. The van der Waals surface area contributed by atoms with Crippen LogP contribution in [0.25, 0.3) is 10.8 Å². The van der Waals surface area contributed by atoms with Gasteiger partial charge in [0.15, 0.2) is 0 Å². The Morgan fingerprint density at radius 1 is 0.762 bits per heavy atom. The zero-order valence-corrected chi connectivity index (χ0v) is 12.1. The van der Waals surface area contributed by atoms with Crippen molar-refractivity contribution in [2.45, 2.75) is 13.8 Å². The first-order chi connectivity index (χ1) is 10.1. The van der Waals surface area contributed by atoms with Crippen LogP contribution in [0.15, 0.2) is 66.7 Å². The normalized spacial score (nSPS) is 9.81. The maximum atomic E-state index is 10.0. The number of nitro groups is 1. The van der Waals surface area contributed by atoms with Gasteiger partial charge in [-0.05, 0) is 24.6 Å². The number of aryl methyl sites for hydroxylation is 2. The minimum Gasteiger partial charge on any atom is -0.258 e. The molecule has 21 heavy (non-hydrogen) atoms. The minimum absolute atomic E-state index is 0.137. The molecule has 3 aromatic rings. The van der Waals surface area contributed by atoms with Crippen LogP contribution in [0.5, 0.6) is 0 Å². The topological polar surface area (TPSA) is 43.1 Å². The van der Waals surface area contributed by atoms with Gasteiger partial charge in [0.05, 0.1) is 4.92 Å². The Kier molecular flexibility index (Phi) is 4.67. The van der Waals surface area contributed by atoms with Gasteiger partial charge >= 0.3 is 0 Å². The molecule has 0 amide bonds. The van der Waals surface area contributed by atoms with Crippen LogP contribution in [0.4, 0.5) is 5.69 Å². The van der Waals surface area contributed by atoms with Gasteiger partial charge in [-0.1, -0.05) is 65.7 Å². The van der Waals surface area contributed by atoms with Crippen molar-refractivity contribution in [2.24, 2.45) is 0 Å². The molecule has 0 atom stereocenters. The van der Waals surface area contributed by atoms with E-state index in [1.165, 1.54) is 34.0 Å². The summed E-state index contributed by atoms with van der Waals surface area (Å²) >= 11 is 0. The van der Waals surface area contributed by atoms with Crippen molar-refractivity contribution >= 4 is 16.5 Å². The number of nitro benzene ring substituents is 1. The van der Waals surface area contributed by atoms with Crippen LogP contribution in [-0.4, -0.2) is 4.92 Å². The molecule has 0 aliphatic carbocycles. The second-order valence-electron chi connectivity index (χ2n) is 4.95. The van der Waals surface area contributed by atoms with Gasteiger partial charge in [0.2, 0.25) is 0 Å². The van der Waals surface area contributed by atoms with Gasteiger partial charge in [-0.3, -0.25) is 10.1 Å². The Bertz CT molecular complexity index is 710. The third kappa shape index (κ3) is 4.14. The molecule has 0 N–H and O–H groups in total. The maximum absolute atomic E-state index is 10.0. The van der Waals surface area contributed by atoms with E-state index >= 15 is 0 Å². The maximum Gasteiger partial charge on any atom is 0.269 e. The average Bonchev–Trinajstić information content (AvgIpc) is 2.49. The molecule has 0 unspecified atom stereocenters. The van der Waals surface area contributed by atoms with Crippen molar-refractivity contribution in [3.05, 3.63) is 88.0 Å². The Morgan fingerprint density at radius 3 is 1.62 bits per heavy atom. The lowest BCUT2D eigenvalue weighted by Gasteiger charge is -1.99. The standard InChI is InChI=1S/C12H12.C6H5NO2/c1-9-3-5-12-8-10(2)4-6-11(12)7-9;8-7(9)6-4-2-1-3-5-6/h3-8H,1-2H3;1-5H. The number of non-ortho nitro benzene ring substituents is 1. The molecular formula is C18H17NO2. The summed E-state index contributed by atoms with van der Waals surface area (Å²) < 4.78 is 0. The summed E-state index contributed by atoms with van der Waals surface area (Å²) in [6.07, 6.45) is 0. The monoisotopic (exact) mass is 279 g/mol. The zero-order chi connectivity index (χ0) is 15.2. The molecule has 0 heterocycles. The molecule has 106 valence electrons. The van der Waals surface area contributed by atoms with Crippen molar-refractivity contribution in [3.63, 3.8) is 0 Å². The Hall–Kier alpha value is -2.68. The molecule has 0 aliphatic rings. The molecule has 3 rings (SSSR count). The summed E-state index contributed by atoms with van der Waals surface area (Å²) in [4.78, 5) is 9.59. The Morgan fingerprint density at radius 2 is 1.24 bits per heavy atom. The third-order valence-corrected chi connectivity index (χ3v) is 3.12. The van der Waals surface area contributed by atoms with E-state index in [1.807, 2.05) is 0 Å². The van der Waals surface area contributed by atoms with Crippen molar-refractivity contribution in [1.82, 2.24) is 0 Å². The zero-order valence-electron chi connectivity index (χ0n) is 12.1. The molecule has 0 aliphatic heterocycles. The van der Waals surface area contributed by atoms with E-state index in [2.05, 4.69) is 50.2 Å². The van der Waals surface area contributed by atoms with Crippen molar-refractivity contribution < 1.29 is 4.92 Å². The van der Waals surface area contributed by atoms with Gasteiger partial charge in [0.25, 0.3) is 5.69 Å². The van der Waals surface area contributed by atoms with Gasteiger partial charge in [-0.15, -0.1) is 0 Å². The second kappa shape index (κ2) is 6.66. The molecule has 0 saturated heterocycles. The van der Waals surface area contributed by atoms with E-state index in [0.29, 0.717) is 0 Å². The fraction of sp³-hybridized carbons (Fsp3) is 0.111. The van der Waals surface area contributed by atoms with Crippen molar-refractivity contribution in [3.8, 4) is 0 Å². The number of hydrogen-bond donors (Lipinski definition) is 0. The van der Waals surface area contributed by atoms with E-state index in [0.717, 1.165) is 0 Å². The van der Waals surface area contributed by atoms with Crippen LogP contribution in [-0.2, 0) is 0 Å². The Balaban J connectivity index is 0.000000161. The SMILES string of the molecule is Cc1ccc2cc(C)ccc2c1.O=[N+]([O-])c1ccccc1. The largest absolute Gasteiger partial charge is 0.269 e. The summed E-state index contributed by atoms with van der Waals surface area (Å²) in [6.45, 7) is 4.25. The van der Waals surface area contributed by atoms with E-state index in [9.17, 15) is 10.1 Å². The van der Waals surface area contributed by atoms with Crippen LogP contribution in [0.1, 0.15) is 11.1 Å². The summed E-state index contributed by atoms with van der Waals surface area (Å²) in [5, 5.41) is 12.7. The highest BCUT2D eigenvalue weighted by Gasteiger charge is 1.98. The quantitative estimate of drug-likeness (QED) is 0.462. The van der Waals surface area contributed by atoms with Crippen molar-refractivity contribution in [2.75, 3.05) is 0 Å². The van der Waals surface area contributed by atoms with E-state index < -0.39 is 4.92 Å². The molecule has 3 nitrogen and oxygen atoms in total. The number of nitrogens with zero attached hydrogens (tertiary/aromatic N) is 1. The number of hydrogen-bond acceptors (Lipinski definition) is 2. The first-order valence-corrected chi connectivity index (χ1v) is 6.73. The van der Waals surface area contributed by atoms with Crippen LogP contribution < -0.4 is 0 Å². The predicted molar refractivity (Wildman–Crippen MR) is 86.5 cm³/mol. The number of fused-ring (bicyclic) bond motifs is 1. The summed E-state index contributed by atoms with van der Waals surface area (Å²) in [5.41, 5.74) is 2.79. The number of rotatable bonds is 1. The van der Waals surface area contributed by atoms with Crippen LogP contribution in [0.2, 0.25) is 0 Å².